The van der Waals surface area contributed by atoms with Crippen LogP contribution in [0.2, 0.25) is 5.02 Å². The summed E-state index contributed by atoms with van der Waals surface area (Å²) in [4.78, 5) is 28.6. The summed E-state index contributed by atoms with van der Waals surface area (Å²) in [6.45, 7) is 4.78. The van der Waals surface area contributed by atoms with Crippen LogP contribution in [0.3, 0.4) is 0 Å². The van der Waals surface area contributed by atoms with Crippen LogP contribution in [0.25, 0.3) is 0 Å². The molecule has 2 atom stereocenters. The molecule has 2 amide bonds. The Morgan fingerprint density at radius 1 is 0.951 bits per heavy atom. The number of carbonyl (C=O) groups excluding carboxylic acids is 2. The van der Waals surface area contributed by atoms with Gasteiger partial charge in [-0.05, 0) is 56.2 Å². The van der Waals surface area contributed by atoms with E-state index in [1.54, 1.807) is 61.5 Å². The summed E-state index contributed by atoms with van der Waals surface area (Å²) in [5, 5.41) is 3.32. The van der Waals surface area contributed by atoms with Crippen LogP contribution in [0.15, 0.2) is 77.7 Å². The number of sulfonamides is 1. The SMILES string of the molecule is CC[C@@H](C)NC(=O)[C@H](C)N(Cc1ccccc1Cl)C(=O)CN(c1cc(OC)ccc1OC)S(=O)(=O)c1ccccc1. The van der Waals surface area contributed by atoms with Crippen LogP contribution in [0, 0.1) is 0 Å². The number of methoxy groups -OCH3 is 2. The maximum absolute atomic E-state index is 14.1. The van der Waals surface area contributed by atoms with Gasteiger partial charge in [0.2, 0.25) is 11.8 Å². The molecular weight excluding hydrogens is 566 g/mol. The van der Waals surface area contributed by atoms with Gasteiger partial charge in [-0.2, -0.15) is 0 Å². The third-order valence-electron chi connectivity index (χ3n) is 6.73. The molecule has 0 aromatic heterocycles. The van der Waals surface area contributed by atoms with Crippen molar-refractivity contribution in [1.82, 2.24) is 10.2 Å². The average Bonchev–Trinajstić information content (AvgIpc) is 2.98. The fourth-order valence-corrected chi connectivity index (χ4v) is 5.72. The zero-order chi connectivity index (χ0) is 30.2. The third kappa shape index (κ3) is 7.71. The zero-order valence-corrected chi connectivity index (χ0v) is 25.4. The first-order valence-corrected chi connectivity index (χ1v) is 15.0. The molecule has 0 aliphatic heterocycles. The highest BCUT2D eigenvalue weighted by Crippen LogP contribution is 2.36. The van der Waals surface area contributed by atoms with E-state index in [0.717, 1.165) is 4.31 Å². The second-order valence-electron chi connectivity index (χ2n) is 9.47. The predicted octanol–water partition coefficient (Wildman–Crippen LogP) is 4.88. The maximum Gasteiger partial charge on any atom is 0.264 e. The Morgan fingerprint density at radius 2 is 1.61 bits per heavy atom. The fraction of sp³-hybridized carbons (Fsp3) is 0.333. The first-order chi connectivity index (χ1) is 19.5. The minimum Gasteiger partial charge on any atom is -0.497 e. The minimum absolute atomic E-state index is 0.0118. The molecule has 41 heavy (non-hydrogen) atoms. The van der Waals surface area contributed by atoms with Gasteiger partial charge >= 0.3 is 0 Å². The molecule has 3 aromatic carbocycles. The van der Waals surface area contributed by atoms with E-state index in [2.05, 4.69) is 5.32 Å². The molecule has 0 bridgehead atoms. The summed E-state index contributed by atoms with van der Waals surface area (Å²) in [7, 11) is -1.40. The van der Waals surface area contributed by atoms with Crippen molar-refractivity contribution in [2.24, 2.45) is 0 Å². The molecular formula is C30H36ClN3O6S. The molecule has 0 radical (unpaired) electrons. The Balaban J connectivity index is 2.11. The molecule has 3 aromatic rings. The number of hydrogen-bond acceptors (Lipinski definition) is 6. The van der Waals surface area contributed by atoms with E-state index < -0.39 is 28.5 Å². The van der Waals surface area contributed by atoms with E-state index >= 15 is 0 Å². The lowest BCUT2D eigenvalue weighted by molar-refractivity contribution is -0.139. The number of hydrogen-bond donors (Lipinski definition) is 1. The summed E-state index contributed by atoms with van der Waals surface area (Å²) < 4.78 is 39.8. The van der Waals surface area contributed by atoms with Gasteiger partial charge in [0, 0.05) is 23.7 Å². The monoisotopic (exact) mass is 601 g/mol. The molecule has 0 saturated heterocycles. The minimum atomic E-state index is -4.27. The number of anilines is 1. The lowest BCUT2D eigenvalue weighted by Crippen LogP contribution is -2.52. The molecule has 0 unspecified atom stereocenters. The lowest BCUT2D eigenvalue weighted by Gasteiger charge is -2.33. The third-order valence-corrected chi connectivity index (χ3v) is 8.87. The summed E-state index contributed by atoms with van der Waals surface area (Å²) >= 11 is 6.42. The van der Waals surface area contributed by atoms with Crippen LogP contribution in [-0.2, 0) is 26.2 Å². The standard InChI is InChI=1S/C30H36ClN3O6S/c1-6-21(2)32-30(36)22(3)33(19-23-12-10-11-15-26(23)31)29(35)20-34(41(37,38)25-13-8-7-9-14-25)27-18-24(39-4)16-17-28(27)40-5/h7-18,21-22H,6,19-20H2,1-5H3,(H,32,36)/t21-,22+/m1/s1. The topological polar surface area (TPSA) is 105 Å². The van der Waals surface area contributed by atoms with E-state index in [1.165, 1.54) is 37.3 Å². The molecule has 220 valence electrons. The number of benzene rings is 3. The van der Waals surface area contributed by atoms with E-state index in [0.29, 0.717) is 22.8 Å². The van der Waals surface area contributed by atoms with Crippen LogP contribution in [0.4, 0.5) is 5.69 Å². The van der Waals surface area contributed by atoms with E-state index in [-0.39, 0.29) is 34.8 Å². The number of carbonyl (C=O) groups is 2. The van der Waals surface area contributed by atoms with Crippen molar-refractivity contribution < 1.29 is 27.5 Å². The van der Waals surface area contributed by atoms with Gasteiger partial charge in [0.15, 0.2) is 0 Å². The van der Waals surface area contributed by atoms with Crippen molar-refractivity contribution in [3.8, 4) is 11.5 Å². The summed E-state index contributed by atoms with van der Waals surface area (Å²) in [6, 6.07) is 18.4. The number of rotatable bonds is 13. The maximum atomic E-state index is 14.1. The molecule has 0 aliphatic rings. The molecule has 0 saturated carbocycles. The molecule has 3 rings (SSSR count). The summed E-state index contributed by atoms with van der Waals surface area (Å²) in [5.41, 5.74) is 0.723. The quantitative estimate of drug-likeness (QED) is 0.299. The van der Waals surface area contributed by atoms with Crippen molar-refractivity contribution in [3.05, 3.63) is 83.4 Å². The van der Waals surface area contributed by atoms with Crippen LogP contribution in [-0.4, -0.2) is 58.0 Å². The highest BCUT2D eigenvalue weighted by atomic mass is 35.5. The number of nitrogens with one attached hydrogen (secondary N) is 1. The Kier molecular flexibility index (Phi) is 11.0. The Hall–Kier alpha value is -3.76. The van der Waals surface area contributed by atoms with Crippen LogP contribution >= 0.6 is 11.6 Å². The van der Waals surface area contributed by atoms with Crippen LogP contribution in [0.5, 0.6) is 11.5 Å². The molecule has 11 heteroatoms. The largest absolute Gasteiger partial charge is 0.497 e. The Labute approximate surface area is 247 Å². The van der Waals surface area contributed by atoms with E-state index in [9.17, 15) is 18.0 Å². The average molecular weight is 602 g/mol. The number of nitrogens with zero attached hydrogens (tertiary/aromatic N) is 2. The van der Waals surface area contributed by atoms with Crippen molar-refractivity contribution in [1.29, 1.82) is 0 Å². The molecule has 1 N–H and O–H groups in total. The summed E-state index contributed by atoms with van der Waals surface area (Å²) in [6.07, 6.45) is 0.704. The molecule has 0 aliphatic carbocycles. The predicted molar refractivity (Wildman–Crippen MR) is 160 cm³/mol. The van der Waals surface area contributed by atoms with E-state index in [1.807, 2.05) is 13.8 Å². The van der Waals surface area contributed by atoms with Gasteiger partial charge in [0.05, 0.1) is 24.8 Å². The van der Waals surface area contributed by atoms with Crippen molar-refractivity contribution in [2.45, 2.75) is 50.7 Å². The van der Waals surface area contributed by atoms with Crippen LogP contribution < -0.4 is 19.1 Å². The molecule has 0 spiro atoms. The van der Waals surface area contributed by atoms with Crippen molar-refractivity contribution in [2.75, 3.05) is 25.1 Å². The van der Waals surface area contributed by atoms with Gasteiger partial charge < -0.3 is 19.7 Å². The first kappa shape index (κ1) is 31.8. The van der Waals surface area contributed by atoms with Gasteiger partial charge in [-0.3, -0.25) is 13.9 Å². The van der Waals surface area contributed by atoms with Gasteiger partial charge in [0.1, 0.15) is 24.1 Å². The van der Waals surface area contributed by atoms with Crippen molar-refractivity contribution >= 4 is 39.1 Å². The fourth-order valence-electron chi connectivity index (χ4n) is 4.08. The number of halogens is 1. The first-order valence-electron chi connectivity index (χ1n) is 13.2. The Bertz CT molecular complexity index is 1450. The highest BCUT2D eigenvalue weighted by molar-refractivity contribution is 7.92. The van der Waals surface area contributed by atoms with Crippen molar-refractivity contribution in [3.63, 3.8) is 0 Å². The second-order valence-corrected chi connectivity index (χ2v) is 11.7. The lowest BCUT2D eigenvalue weighted by atomic mass is 10.1. The zero-order valence-electron chi connectivity index (χ0n) is 23.8. The summed E-state index contributed by atoms with van der Waals surface area (Å²) in [5.74, 6) is -0.383. The normalized spacial score (nSPS) is 12.6. The molecule has 9 nitrogen and oxygen atoms in total. The smallest absolute Gasteiger partial charge is 0.264 e. The molecule has 0 heterocycles. The van der Waals surface area contributed by atoms with E-state index in [4.69, 9.17) is 21.1 Å². The van der Waals surface area contributed by atoms with Gasteiger partial charge in [-0.15, -0.1) is 0 Å². The second kappa shape index (κ2) is 14.2. The number of amides is 2. The highest BCUT2D eigenvalue weighted by Gasteiger charge is 2.34. The van der Waals surface area contributed by atoms with Gasteiger partial charge in [-0.1, -0.05) is 54.9 Å². The van der Waals surface area contributed by atoms with Gasteiger partial charge in [0.25, 0.3) is 10.0 Å². The Morgan fingerprint density at radius 3 is 2.22 bits per heavy atom. The van der Waals surface area contributed by atoms with Crippen LogP contribution in [0.1, 0.15) is 32.8 Å². The van der Waals surface area contributed by atoms with Gasteiger partial charge in [-0.25, -0.2) is 8.42 Å². The number of ether oxygens (including phenoxy) is 2. The molecule has 0 fully saturated rings.